The summed E-state index contributed by atoms with van der Waals surface area (Å²) in [4.78, 5) is 16.3. The molecule has 1 aliphatic rings. The lowest BCUT2D eigenvalue weighted by Gasteiger charge is -2.19. The Morgan fingerprint density at radius 3 is 2.83 bits per heavy atom. The van der Waals surface area contributed by atoms with Crippen LogP contribution in [0.2, 0.25) is 5.02 Å². The molecule has 2 aromatic rings. The average Bonchev–Trinajstić information content (AvgIpc) is 3.02. The van der Waals surface area contributed by atoms with E-state index in [1.165, 1.54) is 0 Å². The second-order valence-electron chi connectivity index (χ2n) is 5.08. The van der Waals surface area contributed by atoms with Gasteiger partial charge in [0.1, 0.15) is 13.2 Å². The molecular weight excluding hydrogens is 354 g/mol. The molecule has 2 heterocycles. The molecule has 0 fully saturated rings. The summed E-state index contributed by atoms with van der Waals surface area (Å²) >= 11 is 7.80. The lowest BCUT2D eigenvalue weighted by atomic mass is 10.1. The number of hydrogen-bond donors (Lipinski definition) is 1. The third-order valence-corrected chi connectivity index (χ3v) is 4.18. The van der Waals surface area contributed by atoms with Crippen LogP contribution in [-0.4, -0.2) is 35.5 Å². The molecule has 0 bridgehead atoms. The Morgan fingerprint density at radius 2 is 2.08 bits per heavy atom. The number of amides is 1. The molecule has 1 aromatic heterocycles. The van der Waals surface area contributed by atoms with Crippen molar-refractivity contribution in [3.8, 4) is 11.5 Å². The number of nitrogens with one attached hydrogen (secondary N) is 1. The first-order valence-electron chi connectivity index (χ1n) is 7.31. The topological polar surface area (TPSA) is 86.5 Å². The van der Waals surface area contributed by atoms with Crippen LogP contribution in [0.25, 0.3) is 0 Å². The highest BCUT2D eigenvalue weighted by Gasteiger charge is 2.17. The summed E-state index contributed by atoms with van der Waals surface area (Å²) in [5.74, 6) is 2.67. The van der Waals surface area contributed by atoms with E-state index in [1.54, 1.807) is 23.9 Å². The van der Waals surface area contributed by atoms with E-state index < -0.39 is 0 Å². The number of halogens is 1. The lowest BCUT2D eigenvalue weighted by molar-refractivity contribution is -0.120. The average molecular weight is 370 g/mol. The molecule has 1 aliphatic heterocycles. The molecule has 128 valence electrons. The summed E-state index contributed by atoms with van der Waals surface area (Å²) in [6.07, 6.45) is 2.08. The van der Waals surface area contributed by atoms with Gasteiger partial charge < -0.3 is 19.3 Å². The summed E-state index contributed by atoms with van der Waals surface area (Å²) in [5.41, 5.74) is 0.673. The van der Waals surface area contributed by atoms with E-state index in [9.17, 15) is 4.79 Å². The van der Waals surface area contributed by atoms with E-state index in [4.69, 9.17) is 25.6 Å². The largest absolute Gasteiger partial charge is 0.486 e. The van der Waals surface area contributed by atoms with Crippen molar-refractivity contribution in [3.63, 3.8) is 0 Å². The van der Waals surface area contributed by atoms with Crippen LogP contribution in [0.1, 0.15) is 17.3 Å². The van der Waals surface area contributed by atoms with Crippen molar-refractivity contribution in [2.75, 3.05) is 19.5 Å². The molecule has 1 amide bonds. The molecule has 0 atom stereocenters. The molecule has 0 radical (unpaired) electrons. The van der Waals surface area contributed by atoms with Crippen molar-refractivity contribution in [2.45, 2.75) is 18.7 Å². The molecule has 0 unspecified atom stereocenters. The van der Waals surface area contributed by atoms with Crippen molar-refractivity contribution < 1.29 is 18.8 Å². The minimum atomic E-state index is -0.196. The van der Waals surface area contributed by atoms with Gasteiger partial charge in [-0.2, -0.15) is 16.7 Å². The zero-order chi connectivity index (χ0) is 16.9. The van der Waals surface area contributed by atoms with Crippen LogP contribution in [0.4, 0.5) is 0 Å². The predicted molar refractivity (Wildman–Crippen MR) is 89.5 cm³/mol. The Balaban J connectivity index is 1.58. The van der Waals surface area contributed by atoms with Crippen molar-refractivity contribution in [3.05, 3.63) is 34.4 Å². The van der Waals surface area contributed by atoms with E-state index in [0.717, 1.165) is 0 Å². The maximum atomic E-state index is 12.1. The van der Waals surface area contributed by atoms with Gasteiger partial charge >= 0.3 is 0 Å². The number of benzene rings is 1. The number of carbonyl (C=O) groups excluding carboxylic acids is 1. The third kappa shape index (κ3) is 4.12. The van der Waals surface area contributed by atoms with Crippen molar-refractivity contribution in [1.82, 2.24) is 15.5 Å². The van der Waals surface area contributed by atoms with Crippen LogP contribution in [0.15, 0.2) is 16.7 Å². The van der Waals surface area contributed by atoms with Crippen LogP contribution in [-0.2, 0) is 23.5 Å². The molecule has 0 saturated carbocycles. The van der Waals surface area contributed by atoms with Crippen LogP contribution >= 0.6 is 23.4 Å². The van der Waals surface area contributed by atoms with Gasteiger partial charge in [-0.05, 0) is 17.9 Å². The van der Waals surface area contributed by atoms with Gasteiger partial charge in [-0.15, -0.1) is 0 Å². The third-order valence-electron chi connectivity index (χ3n) is 3.28. The highest BCUT2D eigenvalue weighted by molar-refractivity contribution is 7.97. The molecule has 1 N–H and O–H groups in total. The molecule has 0 aliphatic carbocycles. The summed E-state index contributed by atoms with van der Waals surface area (Å²) < 4.78 is 16.0. The first-order chi connectivity index (χ1) is 11.7. The fourth-order valence-electron chi connectivity index (χ4n) is 2.20. The number of nitrogens with zero attached hydrogens (tertiary/aromatic N) is 2. The Morgan fingerprint density at radius 1 is 1.33 bits per heavy atom. The fourth-order valence-corrected chi connectivity index (χ4v) is 2.80. The minimum absolute atomic E-state index is 0.126. The number of ether oxygens (including phenoxy) is 2. The van der Waals surface area contributed by atoms with Crippen molar-refractivity contribution >= 4 is 29.3 Å². The Bertz CT molecular complexity index is 738. The number of thioether (sulfide) groups is 1. The van der Waals surface area contributed by atoms with E-state index in [2.05, 4.69) is 15.5 Å². The van der Waals surface area contributed by atoms with Gasteiger partial charge in [-0.25, -0.2) is 0 Å². The number of carbonyl (C=O) groups is 1. The molecule has 24 heavy (non-hydrogen) atoms. The first kappa shape index (κ1) is 16.9. The normalized spacial score (nSPS) is 12.9. The second kappa shape index (κ2) is 7.76. The zero-order valence-electron chi connectivity index (χ0n) is 13.0. The minimum Gasteiger partial charge on any atom is -0.486 e. The molecular formula is C15H16ClN3O4S. The quantitative estimate of drug-likeness (QED) is 0.835. The predicted octanol–water partition coefficient (Wildman–Crippen LogP) is 2.22. The first-order valence-corrected chi connectivity index (χ1v) is 9.08. The maximum Gasteiger partial charge on any atom is 0.246 e. The van der Waals surface area contributed by atoms with Gasteiger partial charge in [0.2, 0.25) is 11.8 Å². The Hall–Kier alpha value is -1.93. The maximum absolute atomic E-state index is 12.1. The van der Waals surface area contributed by atoms with Gasteiger partial charge in [0.25, 0.3) is 0 Å². The van der Waals surface area contributed by atoms with Gasteiger partial charge in [0.05, 0.1) is 18.7 Å². The van der Waals surface area contributed by atoms with Crippen molar-refractivity contribution in [1.29, 1.82) is 0 Å². The summed E-state index contributed by atoms with van der Waals surface area (Å²) in [6, 6.07) is 3.41. The molecule has 9 heteroatoms. The molecule has 3 rings (SSSR count). The van der Waals surface area contributed by atoms with Crippen LogP contribution < -0.4 is 14.8 Å². The smallest absolute Gasteiger partial charge is 0.246 e. The fraction of sp³-hybridized carbons (Fsp3) is 0.400. The molecule has 0 saturated heterocycles. The van der Waals surface area contributed by atoms with Gasteiger partial charge in [-0.3, -0.25) is 4.79 Å². The molecule has 1 aromatic carbocycles. The Labute approximate surface area is 148 Å². The lowest BCUT2D eigenvalue weighted by Crippen LogP contribution is -2.25. The van der Waals surface area contributed by atoms with Crippen LogP contribution in [0, 0.1) is 0 Å². The number of hydrogen-bond acceptors (Lipinski definition) is 7. The molecule has 0 spiro atoms. The Kier molecular flexibility index (Phi) is 5.47. The molecule has 7 nitrogen and oxygen atoms in total. The number of aromatic nitrogens is 2. The zero-order valence-corrected chi connectivity index (χ0v) is 14.6. The van der Waals surface area contributed by atoms with Crippen molar-refractivity contribution in [2.24, 2.45) is 0 Å². The van der Waals surface area contributed by atoms with E-state index in [1.807, 2.05) is 6.26 Å². The highest BCUT2D eigenvalue weighted by Crippen LogP contribution is 2.35. The van der Waals surface area contributed by atoms with Crippen LogP contribution in [0.3, 0.4) is 0 Å². The standard InChI is InChI=1S/C15H16ClN3O4S/c1-24-8-13-18-15(23-19-13)7-17-14(20)5-9-4-11-12(6-10(9)16)22-3-2-21-11/h4,6H,2-3,5,7-8H2,1H3,(H,17,20). The van der Waals surface area contributed by atoms with E-state index in [-0.39, 0.29) is 18.9 Å². The van der Waals surface area contributed by atoms with E-state index in [0.29, 0.717) is 52.8 Å². The summed E-state index contributed by atoms with van der Waals surface area (Å²) in [7, 11) is 0. The summed E-state index contributed by atoms with van der Waals surface area (Å²) in [5, 5.41) is 7.02. The van der Waals surface area contributed by atoms with Gasteiger partial charge in [0.15, 0.2) is 17.3 Å². The van der Waals surface area contributed by atoms with E-state index >= 15 is 0 Å². The summed E-state index contributed by atoms with van der Waals surface area (Å²) in [6.45, 7) is 1.16. The van der Waals surface area contributed by atoms with Gasteiger partial charge in [-0.1, -0.05) is 16.8 Å². The monoisotopic (exact) mass is 369 g/mol. The second-order valence-corrected chi connectivity index (χ2v) is 6.35. The highest BCUT2D eigenvalue weighted by atomic mass is 35.5. The number of rotatable bonds is 6. The SMILES string of the molecule is CSCc1noc(CNC(=O)Cc2cc3c(cc2Cl)OCCO3)n1. The number of fused-ring (bicyclic) bond motifs is 1. The van der Waals surface area contributed by atoms with Crippen LogP contribution in [0.5, 0.6) is 11.5 Å². The van der Waals surface area contributed by atoms with Gasteiger partial charge in [0, 0.05) is 11.1 Å².